The number of pyridine rings is 2. The molecule has 0 saturated carbocycles. The molecule has 0 spiro atoms. The molecule has 10 heterocycles. The predicted molar refractivity (Wildman–Crippen MR) is 352 cm³/mol. The number of aliphatic imine (C=N–C) groups is 1. The molecule has 16 atom stereocenters. The number of phosphoric acid groups is 3. The number of nitrogens with two attached hydrogens (primary N) is 2. The largest absolute Gasteiger partial charge is 0.766 e. The molecule has 0 aromatic carbocycles. The third kappa shape index (κ3) is 21.7. The number of carbonyl (C=O) groups is 4. The third-order valence-corrected chi connectivity index (χ3v) is 21.0. The highest BCUT2D eigenvalue weighted by atomic mass is 31.3. The zero-order valence-corrected chi connectivity index (χ0v) is 61.3. The van der Waals surface area contributed by atoms with Crippen molar-refractivity contribution in [3.05, 3.63) is 91.4 Å². The van der Waals surface area contributed by atoms with Gasteiger partial charge in [0.1, 0.15) is 65.4 Å². The Hall–Kier alpha value is -6.85. The number of aliphatic hydroxyl groups excluding tert-OH is 4. The van der Waals surface area contributed by atoms with E-state index in [1.165, 1.54) is 56.4 Å². The summed E-state index contributed by atoms with van der Waals surface area (Å²) in [5.41, 5.74) is 11.6. The van der Waals surface area contributed by atoms with Crippen molar-refractivity contribution in [3.63, 3.8) is 0 Å². The average molecular weight is 1550 g/mol. The van der Waals surface area contributed by atoms with Crippen LogP contribution >= 0.6 is 31.2 Å². The number of ether oxygens (including phenoxy) is 5. The summed E-state index contributed by atoms with van der Waals surface area (Å²) in [4.78, 5) is 127. The highest BCUT2D eigenvalue weighted by Crippen LogP contribution is 2.59. The normalized spacial score (nSPS) is 26.7. The van der Waals surface area contributed by atoms with E-state index in [2.05, 4.69) is 47.1 Å². The first-order chi connectivity index (χ1) is 48.5. The van der Waals surface area contributed by atoms with E-state index in [9.17, 15) is 77.4 Å². The van der Waals surface area contributed by atoms with Crippen LogP contribution in [0.2, 0.25) is 0 Å². The minimum absolute atomic E-state index is 0.0420. The molecule has 10 N–H and O–H groups in total. The Bertz CT molecular complexity index is 4110. The van der Waals surface area contributed by atoms with E-state index in [4.69, 9.17) is 53.6 Å². The van der Waals surface area contributed by atoms with Gasteiger partial charge in [0.25, 0.3) is 15.6 Å². The molecule has 5 aliphatic heterocycles. The quantitative estimate of drug-likeness (QED) is 0.0187. The maximum Gasteiger partial charge on any atom is 0.478 e. The van der Waals surface area contributed by atoms with Crippen LogP contribution in [0.25, 0.3) is 16.9 Å². The maximum absolute atomic E-state index is 13.0. The van der Waals surface area contributed by atoms with E-state index in [1.807, 2.05) is 4.57 Å². The SMILES string of the molecule is C=Nc1c(C(=C)N)ncn1C1O[C@H](COP(=O)(O)OP(=O)([O-])OC[C@@H]2CC([n+]3cccc(C(C)=O)c3)CN2C(=O)OC(C)(C)C)C(O)C1O.CC(=O)c1ccc[n+](C2C[C@@H](COP(=O)([O-])O)N(C(=O)OC(C)(C)C)C2)c1.Nc1ncnc2c1ncn2[C@@H]1O[C@H](COP(=O)([O-])N2CCOCC2)[C@@H](O)[C@H]1O. The molecule has 9 unspecified atom stereocenters. The summed E-state index contributed by atoms with van der Waals surface area (Å²) in [6, 6.07) is 4.62. The topological polar surface area (TPSA) is 563 Å². The van der Waals surface area contributed by atoms with Gasteiger partial charge < -0.3 is 93.6 Å². The molecule has 45 heteroatoms. The zero-order valence-electron chi connectivity index (χ0n) is 57.7. The molecule has 10 rings (SSSR count). The number of morpholine rings is 1. The fourth-order valence-corrected chi connectivity index (χ4v) is 15.0. The number of rotatable bonds is 23. The number of aliphatic hydroxyl groups is 4. The molecule has 5 aliphatic rings. The summed E-state index contributed by atoms with van der Waals surface area (Å²) in [6.07, 6.45) is -1.12. The zero-order chi connectivity index (χ0) is 76.8. The Kier molecular flexibility index (Phi) is 27.0. The lowest BCUT2D eigenvalue weighted by Gasteiger charge is -2.37. The van der Waals surface area contributed by atoms with Crippen molar-refractivity contribution >= 4 is 90.2 Å². The number of phosphoric ester groups is 3. The summed E-state index contributed by atoms with van der Waals surface area (Å²) in [7, 11) is -20.2. The number of imidazole rings is 2. The van der Waals surface area contributed by atoms with Gasteiger partial charge in [-0.3, -0.25) is 46.7 Å². The Morgan fingerprint density at radius 3 is 1.64 bits per heavy atom. The van der Waals surface area contributed by atoms with Crippen LogP contribution in [-0.2, 0) is 64.4 Å². The van der Waals surface area contributed by atoms with Gasteiger partial charge in [0.2, 0.25) is 7.75 Å². The second-order valence-electron chi connectivity index (χ2n) is 26.4. The van der Waals surface area contributed by atoms with E-state index >= 15 is 0 Å². The first-order valence-corrected chi connectivity index (χ1v) is 38.0. The molecule has 2 amide bonds. The third-order valence-electron chi connectivity index (χ3n) is 16.4. The molecule has 5 aromatic heterocycles. The van der Waals surface area contributed by atoms with Gasteiger partial charge in [-0.1, -0.05) is 6.58 Å². The van der Waals surface area contributed by atoms with Gasteiger partial charge >= 0.3 is 20.0 Å². The van der Waals surface area contributed by atoms with Gasteiger partial charge in [0.05, 0.1) is 94.3 Å². The van der Waals surface area contributed by atoms with Gasteiger partial charge in [-0.25, -0.2) is 48.1 Å². The van der Waals surface area contributed by atoms with Crippen LogP contribution in [0.5, 0.6) is 0 Å². The monoisotopic (exact) mass is 1550 g/mol. The number of ketones is 2. The lowest BCUT2D eigenvalue weighted by atomic mass is 10.1. The molecule has 0 aliphatic carbocycles. The molecule has 574 valence electrons. The lowest BCUT2D eigenvalue weighted by molar-refractivity contribution is -0.719. The molecule has 0 bridgehead atoms. The van der Waals surface area contributed by atoms with Crippen molar-refractivity contribution in [2.24, 2.45) is 10.7 Å². The Morgan fingerprint density at radius 2 is 1.17 bits per heavy atom. The van der Waals surface area contributed by atoms with Crippen molar-refractivity contribution in [1.29, 1.82) is 0 Å². The van der Waals surface area contributed by atoms with E-state index in [1.54, 1.807) is 95.2 Å². The Balaban J connectivity index is 0.000000212. The lowest BCUT2D eigenvalue weighted by Crippen LogP contribution is -2.44. The van der Waals surface area contributed by atoms with E-state index in [-0.39, 0.29) is 93.1 Å². The van der Waals surface area contributed by atoms with Gasteiger partial charge in [-0.2, -0.15) is 9.13 Å². The first kappa shape index (κ1) is 82.8. The molecule has 0 radical (unpaired) electrons. The van der Waals surface area contributed by atoms with E-state index < -0.39 is 142 Å². The highest BCUT2D eigenvalue weighted by Gasteiger charge is 2.49. The number of nitrogens with zero attached hydrogens (tertiary/aromatic N) is 12. The molecule has 5 aromatic rings. The number of fused-ring (bicyclic) bond motifs is 1. The summed E-state index contributed by atoms with van der Waals surface area (Å²) < 4.78 is 107. The average Bonchev–Trinajstić information content (AvgIpc) is 1.64. The first-order valence-electron chi connectivity index (χ1n) is 32.0. The Morgan fingerprint density at radius 1 is 0.692 bits per heavy atom. The van der Waals surface area contributed by atoms with Gasteiger partial charge in [-0.15, -0.1) is 0 Å². The van der Waals surface area contributed by atoms with Crippen molar-refractivity contribution < 1.29 is 138 Å². The fourth-order valence-electron chi connectivity index (χ4n) is 11.4. The summed E-state index contributed by atoms with van der Waals surface area (Å²) in [6.45, 7) is 18.9. The van der Waals surface area contributed by atoms with Gasteiger partial charge in [0.15, 0.2) is 78.2 Å². The standard InChI is InChI=1S/C28H40N6O13P2.C17H25N2O7P.C14H21N6O7P/c1-16(29)22-25(30-6)34(15-31-22)26-24(37)23(36)21(45-26)14-44-49(41,42)47-48(39,40)43-13-20-10-19(12-33(20)27(38)46-28(3,4)5)32-9-7-8-18(11-32)17(2)35;1-12(20)13-6-5-7-18(9-13)14-8-15(11-25-27(22,23)24)19(10-14)16(21)26-17(2,3)4;15-12-9-13(17-6-16-12)20(7-18-9)14-11(22)10(21)8(27-14)5-26-28(23,24)19-1-3-25-4-2-19/h7-9,11,15,19-21,23-24,26,36-37H,1,6,10,12-14,29H2,2-5H3,(H-,39,40,41,42);5-7,9,14-15H,8,10-11H2,1-4H3,(H-,22,23,24);6-8,10-11,14,21-22H,1-5H2,(H,23,24)(H2,15,16,17)/p-1/t19?,20-,21+,23?,24?,26?;14?,15-;8-,10-,11-,14-/m001/s1. The number of amides is 2. The molecule has 5 saturated heterocycles. The number of aromatic nitrogens is 8. The Labute approximate surface area is 595 Å². The number of Topliss-reactive ketones (excluding diaryl/α,β-unsaturated/α-hetero) is 2. The molecule has 5 fully saturated rings. The van der Waals surface area contributed by atoms with Crippen LogP contribution in [0.4, 0.5) is 21.2 Å². The van der Waals surface area contributed by atoms with E-state index in [0.717, 1.165) is 0 Å². The maximum atomic E-state index is 13.0. The number of carbonyl (C=O) groups excluding carboxylic acids is 4. The van der Waals surface area contributed by atoms with Crippen molar-refractivity contribution in [1.82, 2.24) is 43.5 Å². The van der Waals surface area contributed by atoms with Crippen LogP contribution < -0.4 is 35.3 Å². The van der Waals surface area contributed by atoms with Crippen molar-refractivity contribution in [2.45, 2.75) is 153 Å². The summed E-state index contributed by atoms with van der Waals surface area (Å²) >= 11 is 0. The van der Waals surface area contributed by atoms with Crippen molar-refractivity contribution in [3.8, 4) is 0 Å². The van der Waals surface area contributed by atoms with Crippen LogP contribution in [0.1, 0.15) is 119 Å². The minimum Gasteiger partial charge on any atom is -0.766 e. The highest BCUT2D eigenvalue weighted by molar-refractivity contribution is 7.60. The molecule has 41 nitrogen and oxygen atoms in total. The fraction of sp³-hybridized carbons (Fsp3) is 0.576. The number of hydrogen-bond acceptors (Lipinski definition) is 32. The number of hydrogen-bond donors (Lipinski definition) is 8. The van der Waals surface area contributed by atoms with Crippen LogP contribution in [0.15, 0.2) is 79.6 Å². The second-order valence-corrected chi connectivity index (χ2v) is 32.4. The van der Waals surface area contributed by atoms with E-state index in [0.29, 0.717) is 28.7 Å². The number of likely N-dealkylation sites (tertiary alicyclic amines) is 2. The second kappa shape index (κ2) is 33.9. The number of anilines is 1. The number of nitrogen functional groups attached to an aromatic ring is 1. The molecular formula is C59H85N14O27P4-. The predicted octanol–water partition coefficient (Wildman–Crippen LogP) is 0.173. The van der Waals surface area contributed by atoms with Gasteiger partial charge in [-0.05, 0) is 74.2 Å². The van der Waals surface area contributed by atoms with Crippen LogP contribution in [0.3, 0.4) is 0 Å². The summed E-state index contributed by atoms with van der Waals surface area (Å²) in [5, 5.41) is 41.7. The van der Waals surface area contributed by atoms with Crippen LogP contribution in [0, 0.1) is 0 Å². The van der Waals surface area contributed by atoms with Crippen LogP contribution in [-0.4, -0.2) is 230 Å². The van der Waals surface area contributed by atoms with Crippen molar-refractivity contribution in [2.75, 3.05) is 71.6 Å². The summed E-state index contributed by atoms with van der Waals surface area (Å²) in [5.74, 6) is -0.0347. The smallest absolute Gasteiger partial charge is 0.478 e. The molecular weight excluding hydrogens is 1460 g/mol. The van der Waals surface area contributed by atoms with Gasteiger partial charge in [0, 0.05) is 38.1 Å². The minimum atomic E-state index is -5.57. The molecule has 104 heavy (non-hydrogen) atoms.